The van der Waals surface area contributed by atoms with E-state index < -0.39 is 11.0 Å². The summed E-state index contributed by atoms with van der Waals surface area (Å²) in [5, 5.41) is 21.3. The van der Waals surface area contributed by atoms with Crippen LogP contribution in [0.15, 0.2) is 24.3 Å². The molecule has 1 aliphatic heterocycles. The van der Waals surface area contributed by atoms with Crippen LogP contribution in [0.1, 0.15) is 51.5 Å². The molecule has 0 bridgehead atoms. The molecule has 1 unspecified atom stereocenters. The molecule has 1 N–H and O–H groups in total. The van der Waals surface area contributed by atoms with Crippen molar-refractivity contribution in [1.29, 1.82) is 5.26 Å². The summed E-state index contributed by atoms with van der Waals surface area (Å²) in [4.78, 5) is 0. The summed E-state index contributed by atoms with van der Waals surface area (Å²) in [5.41, 5.74) is -0.663. The Morgan fingerprint density at radius 2 is 1.76 bits per heavy atom. The normalized spacial score (nSPS) is 29.8. The fourth-order valence-electron chi connectivity index (χ4n) is 3.86. The first-order valence-electron chi connectivity index (χ1n) is 7.79. The van der Waals surface area contributed by atoms with Gasteiger partial charge in [0.25, 0.3) is 0 Å². The van der Waals surface area contributed by atoms with Crippen LogP contribution in [0.3, 0.4) is 0 Å². The highest BCUT2D eigenvalue weighted by Gasteiger charge is 2.56. The van der Waals surface area contributed by atoms with E-state index in [9.17, 15) is 10.4 Å². The van der Waals surface area contributed by atoms with E-state index in [0.29, 0.717) is 25.9 Å². The smallest absolute Gasteiger partial charge is 0.124 e. The lowest BCUT2D eigenvalue weighted by atomic mass is 9.57. The highest BCUT2D eigenvalue weighted by atomic mass is 16.5. The lowest BCUT2D eigenvalue weighted by Crippen LogP contribution is -2.55. The number of benzene rings is 1. The van der Waals surface area contributed by atoms with Gasteiger partial charge in [-0.2, -0.15) is 5.26 Å². The van der Waals surface area contributed by atoms with Gasteiger partial charge in [0.15, 0.2) is 0 Å². The molecular formula is C18H23NO2. The van der Waals surface area contributed by atoms with Crippen molar-refractivity contribution in [1.82, 2.24) is 0 Å². The number of nitrogens with zero attached hydrogens (tertiary/aromatic N) is 1. The molecule has 0 spiro atoms. The summed E-state index contributed by atoms with van der Waals surface area (Å²) in [6.45, 7) is 4.98. The molecule has 1 saturated carbocycles. The van der Waals surface area contributed by atoms with E-state index in [0.717, 1.165) is 24.2 Å². The molecule has 21 heavy (non-hydrogen) atoms. The van der Waals surface area contributed by atoms with Gasteiger partial charge in [0.2, 0.25) is 0 Å². The molecule has 3 heteroatoms. The number of para-hydroxylation sites is 1. The second kappa shape index (κ2) is 4.74. The maximum Gasteiger partial charge on any atom is 0.124 e. The van der Waals surface area contributed by atoms with Crippen molar-refractivity contribution < 1.29 is 9.84 Å². The SMILES string of the molecule is CC1(C)CCC(O)(C2(C#N)CCOc3ccccc32)CC1. The number of rotatable bonds is 1. The van der Waals surface area contributed by atoms with Gasteiger partial charge >= 0.3 is 0 Å². The van der Waals surface area contributed by atoms with Crippen LogP contribution in [0.4, 0.5) is 0 Å². The van der Waals surface area contributed by atoms with Crippen molar-refractivity contribution in [2.75, 3.05) is 6.61 Å². The molecular weight excluding hydrogens is 262 g/mol. The lowest BCUT2D eigenvalue weighted by Gasteiger charge is -2.50. The molecule has 3 nitrogen and oxygen atoms in total. The molecule has 1 heterocycles. The standard InChI is InChI=1S/C18H23NO2/c1-16(2)7-9-18(20,10-8-16)17(13-19)11-12-21-15-6-4-3-5-14(15)17/h3-6,20H,7-12H2,1-2H3. The average molecular weight is 285 g/mol. The van der Waals surface area contributed by atoms with Crippen LogP contribution in [-0.2, 0) is 5.41 Å². The zero-order valence-corrected chi connectivity index (χ0v) is 12.9. The van der Waals surface area contributed by atoms with Crippen LogP contribution in [0, 0.1) is 16.7 Å². The van der Waals surface area contributed by atoms with Crippen LogP contribution in [0.2, 0.25) is 0 Å². The number of fused-ring (bicyclic) bond motifs is 1. The highest BCUT2D eigenvalue weighted by molar-refractivity contribution is 5.48. The van der Waals surface area contributed by atoms with Crippen molar-refractivity contribution in [2.24, 2.45) is 5.41 Å². The van der Waals surface area contributed by atoms with Crippen LogP contribution in [0.5, 0.6) is 5.75 Å². The quantitative estimate of drug-likeness (QED) is 0.858. The van der Waals surface area contributed by atoms with Gasteiger partial charge in [-0.05, 0) is 37.2 Å². The summed E-state index contributed by atoms with van der Waals surface area (Å²) in [6, 6.07) is 10.2. The van der Waals surface area contributed by atoms with Gasteiger partial charge in [-0.1, -0.05) is 32.0 Å². The summed E-state index contributed by atoms with van der Waals surface area (Å²) < 4.78 is 5.70. The molecule has 1 atom stereocenters. The molecule has 2 aliphatic rings. The monoisotopic (exact) mass is 285 g/mol. The van der Waals surface area contributed by atoms with Crippen LogP contribution in [0.25, 0.3) is 0 Å². The topological polar surface area (TPSA) is 53.2 Å². The Labute approximate surface area is 126 Å². The van der Waals surface area contributed by atoms with Crippen LogP contribution < -0.4 is 4.74 Å². The third kappa shape index (κ3) is 2.13. The van der Waals surface area contributed by atoms with Crippen molar-refractivity contribution in [2.45, 2.75) is 57.0 Å². The maximum absolute atomic E-state index is 11.3. The summed E-state index contributed by atoms with van der Waals surface area (Å²) in [6.07, 6.45) is 3.84. The Hall–Kier alpha value is -1.53. The number of ether oxygens (including phenoxy) is 1. The van der Waals surface area contributed by atoms with Crippen molar-refractivity contribution in [3.05, 3.63) is 29.8 Å². The Bertz CT molecular complexity index is 577. The van der Waals surface area contributed by atoms with Gasteiger partial charge in [-0.15, -0.1) is 0 Å². The minimum Gasteiger partial charge on any atom is -0.493 e. The summed E-state index contributed by atoms with van der Waals surface area (Å²) in [5.74, 6) is 0.753. The van der Waals surface area contributed by atoms with Crippen molar-refractivity contribution >= 4 is 0 Å². The van der Waals surface area contributed by atoms with Crippen molar-refractivity contribution in [3.63, 3.8) is 0 Å². The molecule has 0 aromatic heterocycles. The zero-order chi connectivity index (χ0) is 15.1. The van der Waals surface area contributed by atoms with Gasteiger partial charge in [-0.3, -0.25) is 0 Å². The van der Waals surface area contributed by atoms with Gasteiger partial charge in [-0.25, -0.2) is 0 Å². The zero-order valence-electron chi connectivity index (χ0n) is 12.9. The number of aliphatic hydroxyl groups is 1. The van der Waals surface area contributed by atoms with E-state index in [1.54, 1.807) is 0 Å². The van der Waals surface area contributed by atoms with E-state index in [-0.39, 0.29) is 5.41 Å². The lowest BCUT2D eigenvalue weighted by molar-refractivity contribution is -0.0801. The maximum atomic E-state index is 11.3. The first-order chi connectivity index (χ1) is 9.93. The van der Waals surface area contributed by atoms with Gasteiger partial charge in [0.1, 0.15) is 11.2 Å². The van der Waals surface area contributed by atoms with E-state index in [4.69, 9.17) is 4.74 Å². The van der Waals surface area contributed by atoms with Gasteiger partial charge in [0, 0.05) is 12.0 Å². The van der Waals surface area contributed by atoms with E-state index >= 15 is 0 Å². The predicted molar refractivity (Wildman–Crippen MR) is 81.0 cm³/mol. The third-order valence-electron chi connectivity index (χ3n) is 5.50. The minimum absolute atomic E-state index is 0.258. The average Bonchev–Trinajstić information content (AvgIpc) is 2.50. The third-order valence-corrected chi connectivity index (χ3v) is 5.50. The minimum atomic E-state index is -0.947. The number of hydrogen-bond acceptors (Lipinski definition) is 3. The number of nitriles is 1. The van der Waals surface area contributed by atoms with Gasteiger partial charge in [0.05, 0.1) is 18.3 Å². The largest absolute Gasteiger partial charge is 0.493 e. The Morgan fingerprint density at radius 3 is 2.43 bits per heavy atom. The molecule has 1 fully saturated rings. The second-order valence-corrected chi connectivity index (χ2v) is 7.31. The number of hydrogen-bond donors (Lipinski definition) is 1. The Kier molecular flexibility index (Phi) is 3.26. The van der Waals surface area contributed by atoms with E-state index in [2.05, 4.69) is 19.9 Å². The predicted octanol–water partition coefficient (Wildman–Crippen LogP) is 3.56. The summed E-state index contributed by atoms with van der Waals surface area (Å²) in [7, 11) is 0. The molecule has 0 amide bonds. The first-order valence-corrected chi connectivity index (χ1v) is 7.79. The molecule has 3 rings (SSSR count). The fraction of sp³-hybridized carbons (Fsp3) is 0.611. The van der Waals surface area contributed by atoms with E-state index in [1.165, 1.54) is 0 Å². The molecule has 1 aromatic carbocycles. The molecule has 0 radical (unpaired) electrons. The Balaban J connectivity index is 2.05. The fourth-order valence-corrected chi connectivity index (χ4v) is 3.86. The van der Waals surface area contributed by atoms with Gasteiger partial charge < -0.3 is 9.84 Å². The van der Waals surface area contributed by atoms with Crippen LogP contribution >= 0.6 is 0 Å². The van der Waals surface area contributed by atoms with E-state index in [1.807, 2.05) is 24.3 Å². The Morgan fingerprint density at radius 1 is 1.10 bits per heavy atom. The molecule has 112 valence electrons. The first kappa shape index (κ1) is 14.4. The van der Waals surface area contributed by atoms with Crippen molar-refractivity contribution in [3.8, 4) is 11.8 Å². The van der Waals surface area contributed by atoms with Crippen LogP contribution in [-0.4, -0.2) is 17.3 Å². The molecule has 1 aromatic rings. The second-order valence-electron chi connectivity index (χ2n) is 7.31. The molecule has 1 aliphatic carbocycles. The highest BCUT2D eigenvalue weighted by Crippen LogP contribution is 2.53. The summed E-state index contributed by atoms with van der Waals surface area (Å²) >= 11 is 0. The molecule has 0 saturated heterocycles.